The number of nitrogens with one attached hydrogen (secondary N) is 1. The zero-order valence-electron chi connectivity index (χ0n) is 15.0. The van der Waals surface area contributed by atoms with E-state index in [1.165, 1.54) is 25.2 Å². The molecular weight excluding hydrogens is 366 g/mol. The lowest BCUT2D eigenvalue weighted by molar-refractivity contribution is -0.118. The molecule has 0 spiro atoms. The fraction of sp³-hybridized carbons (Fsp3) is 0.800. The van der Waals surface area contributed by atoms with Gasteiger partial charge in [-0.15, -0.1) is 10.2 Å². The van der Waals surface area contributed by atoms with E-state index in [9.17, 15) is 19.0 Å². The first-order chi connectivity index (χ1) is 11.5. The van der Waals surface area contributed by atoms with Gasteiger partial charge in [0.15, 0.2) is 0 Å². The van der Waals surface area contributed by atoms with E-state index in [-0.39, 0.29) is 17.0 Å². The molecule has 1 fully saturated rings. The van der Waals surface area contributed by atoms with Crippen molar-refractivity contribution in [2.24, 2.45) is 0 Å². The molecule has 1 saturated heterocycles. The summed E-state index contributed by atoms with van der Waals surface area (Å²) in [6.07, 6.45) is 1.04. The second-order valence-electron chi connectivity index (χ2n) is 7.32. The third-order valence-electron chi connectivity index (χ3n) is 4.55. The molecule has 0 radical (unpaired) electrons. The predicted molar refractivity (Wildman–Crippen MR) is 99.4 cm³/mol. The first kappa shape index (κ1) is 20.5. The molecule has 0 bridgehead atoms. The smallest absolute Gasteiger partial charge is 0.251 e. The van der Waals surface area contributed by atoms with Gasteiger partial charge in [0.25, 0.3) is 5.91 Å². The van der Waals surface area contributed by atoms with Gasteiger partial charge in [0.1, 0.15) is 9.75 Å². The molecule has 0 unspecified atom stereocenters. The molecule has 2 rings (SSSR count). The van der Waals surface area contributed by atoms with Gasteiger partial charge in [0.2, 0.25) is 5.13 Å². The standard InChI is InChI=1S/C15H27N3O5S2/c1-14(2,9-19)12-17-18-13(24-12)16-11(20)15(3,4)25(21,22)10-5-7-23-8-6-10/h10,19,21-22H,5-9H2,1-4H3,(H,16,18,20). The van der Waals surface area contributed by atoms with Crippen LogP contribution in [0.4, 0.5) is 5.13 Å². The molecule has 4 N–H and O–H groups in total. The van der Waals surface area contributed by atoms with Gasteiger partial charge in [-0.05, 0) is 26.7 Å². The molecule has 1 aromatic heterocycles. The van der Waals surface area contributed by atoms with Crippen molar-refractivity contribution in [1.82, 2.24) is 10.2 Å². The summed E-state index contributed by atoms with van der Waals surface area (Å²) in [7, 11) is -3.18. The van der Waals surface area contributed by atoms with Crippen LogP contribution in [-0.2, 0) is 14.9 Å². The molecule has 25 heavy (non-hydrogen) atoms. The van der Waals surface area contributed by atoms with Gasteiger partial charge in [-0.25, -0.2) is 0 Å². The van der Waals surface area contributed by atoms with Crippen LogP contribution < -0.4 is 5.32 Å². The highest BCUT2D eigenvalue weighted by Crippen LogP contribution is 2.58. The van der Waals surface area contributed by atoms with Crippen LogP contribution in [0.15, 0.2) is 0 Å². The van der Waals surface area contributed by atoms with E-state index < -0.39 is 26.7 Å². The lowest BCUT2D eigenvalue weighted by Crippen LogP contribution is -2.46. The van der Waals surface area contributed by atoms with E-state index in [1.54, 1.807) is 0 Å². The van der Waals surface area contributed by atoms with Crippen LogP contribution in [-0.4, -0.2) is 60.1 Å². The summed E-state index contributed by atoms with van der Waals surface area (Å²) in [5, 5.41) is 20.5. The molecule has 1 aliphatic rings. The van der Waals surface area contributed by atoms with Gasteiger partial charge in [-0.3, -0.25) is 19.2 Å². The number of amides is 1. The van der Waals surface area contributed by atoms with Crippen molar-refractivity contribution in [3.8, 4) is 0 Å². The number of rotatable bonds is 6. The van der Waals surface area contributed by atoms with E-state index in [1.807, 2.05) is 13.8 Å². The summed E-state index contributed by atoms with van der Waals surface area (Å²) in [5.74, 6) is -0.511. The second-order valence-corrected chi connectivity index (χ2v) is 11.2. The minimum Gasteiger partial charge on any atom is -0.395 e. The number of carbonyl (C=O) groups excluding carboxylic acids is 1. The van der Waals surface area contributed by atoms with Crippen molar-refractivity contribution >= 4 is 33.0 Å². The molecular formula is C15H27N3O5S2. The normalized spacial score (nSPS) is 18.2. The third kappa shape index (κ3) is 4.15. The zero-order chi connectivity index (χ0) is 18.9. The lowest BCUT2D eigenvalue weighted by atomic mass is 9.96. The number of hydrogen-bond acceptors (Lipinski definition) is 8. The number of hydrogen-bond donors (Lipinski definition) is 4. The van der Waals surface area contributed by atoms with Crippen LogP contribution in [0.5, 0.6) is 0 Å². The topological polar surface area (TPSA) is 125 Å². The van der Waals surface area contributed by atoms with Crippen LogP contribution in [0.1, 0.15) is 45.5 Å². The quantitative estimate of drug-likeness (QED) is 0.585. The lowest BCUT2D eigenvalue weighted by Gasteiger charge is -2.51. The van der Waals surface area contributed by atoms with E-state index in [2.05, 4.69) is 15.5 Å². The number of aromatic nitrogens is 2. The van der Waals surface area contributed by atoms with Crippen LogP contribution in [0.25, 0.3) is 0 Å². The SMILES string of the molecule is CC(C)(CO)c1nnc(NC(=O)C(C)(C)S(O)(O)C2CCOCC2)s1. The Labute approximate surface area is 153 Å². The van der Waals surface area contributed by atoms with E-state index in [4.69, 9.17) is 4.74 Å². The van der Waals surface area contributed by atoms with E-state index >= 15 is 0 Å². The average molecular weight is 394 g/mol. The van der Waals surface area contributed by atoms with Crippen LogP contribution >= 0.6 is 21.9 Å². The molecule has 1 aliphatic heterocycles. The molecule has 0 saturated carbocycles. The Morgan fingerprint density at radius 2 is 1.88 bits per heavy atom. The van der Waals surface area contributed by atoms with Gasteiger partial charge in [0, 0.05) is 18.6 Å². The molecule has 2 heterocycles. The minimum atomic E-state index is -3.18. The maximum Gasteiger partial charge on any atom is 0.251 e. The van der Waals surface area contributed by atoms with E-state index in [0.717, 1.165) is 0 Å². The number of nitrogens with zero attached hydrogens (tertiary/aromatic N) is 2. The Hall–Kier alpha value is -0.780. The van der Waals surface area contributed by atoms with Gasteiger partial charge in [-0.1, -0.05) is 25.2 Å². The fourth-order valence-corrected chi connectivity index (χ4v) is 5.26. The average Bonchev–Trinajstić information content (AvgIpc) is 3.04. The largest absolute Gasteiger partial charge is 0.395 e. The van der Waals surface area contributed by atoms with Crippen molar-refractivity contribution in [1.29, 1.82) is 0 Å². The Balaban J connectivity index is 2.13. The fourth-order valence-electron chi connectivity index (χ4n) is 2.42. The van der Waals surface area contributed by atoms with E-state index in [0.29, 0.717) is 31.1 Å². The summed E-state index contributed by atoms with van der Waals surface area (Å²) in [6, 6.07) is 0. The second kappa shape index (κ2) is 7.45. The molecule has 0 aliphatic carbocycles. The van der Waals surface area contributed by atoms with Crippen LogP contribution in [0.3, 0.4) is 0 Å². The van der Waals surface area contributed by atoms with Gasteiger partial charge in [-0.2, -0.15) is 10.6 Å². The van der Waals surface area contributed by atoms with Crippen LogP contribution in [0, 0.1) is 0 Å². The van der Waals surface area contributed by atoms with Gasteiger partial charge < -0.3 is 9.84 Å². The number of aliphatic hydroxyl groups excluding tert-OH is 1. The summed E-state index contributed by atoms with van der Waals surface area (Å²) in [5.41, 5.74) is -0.554. The molecule has 8 nitrogen and oxygen atoms in total. The Bertz CT molecular complexity index is 612. The zero-order valence-corrected chi connectivity index (χ0v) is 16.6. The minimum absolute atomic E-state index is 0.0919. The van der Waals surface area contributed by atoms with Crippen LogP contribution in [0.2, 0.25) is 0 Å². The molecule has 0 atom stereocenters. The van der Waals surface area contributed by atoms with Crippen molar-refractivity contribution in [3.05, 3.63) is 5.01 Å². The highest BCUT2D eigenvalue weighted by atomic mass is 32.3. The molecule has 1 amide bonds. The maximum absolute atomic E-state index is 12.7. The first-order valence-corrected chi connectivity index (χ1v) is 10.6. The highest BCUT2D eigenvalue weighted by Gasteiger charge is 2.46. The molecule has 0 aromatic carbocycles. The maximum atomic E-state index is 12.7. The van der Waals surface area contributed by atoms with Gasteiger partial charge in [0.05, 0.1) is 11.9 Å². The monoisotopic (exact) mass is 393 g/mol. The Kier molecular flexibility index (Phi) is 6.12. The summed E-state index contributed by atoms with van der Waals surface area (Å²) < 4.78 is 25.4. The summed E-state index contributed by atoms with van der Waals surface area (Å²) in [6.45, 7) is 7.56. The first-order valence-electron chi connectivity index (χ1n) is 8.13. The number of ether oxygens (including phenoxy) is 1. The van der Waals surface area contributed by atoms with Crippen molar-refractivity contribution in [3.63, 3.8) is 0 Å². The third-order valence-corrected chi connectivity index (χ3v) is 8.84. The Morgan fingerprint density at radius 1 is 1.28 bits per heavy atom. The summed E-state index contributed by atoms with van der Waals surface area (Å²) in [4.78, 5) is 12.7. The number of aliphatic hydroxyl groups is 1. The molecule has 1 aromatic rings. The predicted octanol–water partition coefficient (Wildman–Crippen LogP) is 2.45. The number of carbonyl (C=O) groups is 1. The van der Waals surface area contributed by atoms with Crippen molar-refractivity contribution < 1.29 is 23.7 Å². The molecule has 10 heteroatoms. The Morgan fingerprint density at radius 3 is 2.44 bits per heavy atom. The number of anilines is 1. The highest BCUT2D eigenvalue weighted by molar-refractivity contribution is 8.26. The molecule has 144 valence electrons. The van der Waals surface area contributed by atoms with Crippen molar-refractivity contribution in [2.45, 2.75) is 55.9 Å². The van der Waals surface area contributed by atoms with Gasteiger partial charge >= 0.3 is 0 Å². The summed E-state index contributed by atoms with van der Waals surface area (Å²) >= 11 is 1.17. The van der Waals surface area contributed by atoms with Crippen molar-refractivity contribution in [2.75, 3.05) is 25.1 Å².